The largest absolute Gasteiger partial charge is 0.351 e. The molecule has 0 aliphatic carbocycles. The monoisotopic (exact) mass is 237 g/mol. The first kappa shape index (κ1) is 13.1. The number of hydrogen-bond donors (Lipinski definition) is 2. The molecule has 0 spiro atoms. The second-order valence-corrected chi connectivity index (χ2v) is 3.38. The van der Waals surface area contributed by atoms with E-state index in [9.17, 15) is 14.9 Å². The summed E-state index contributed by atoms with van der Waals surface area (Å²) in [6.07, 6.45) is 0. The minimum absolute atomic E-state index is 0.0917. The van der Waals surface area contributed by atoms with Gasteiger partial charge < -0.3 is 10.6 Å². The summed E-state index contributed by atoms with van der Waals surface area (Å²) in [5, 5.41) is 16.4. The maximum absolute atomic E-state index is 11.7. The van der Waals surface area contributed by atoms with Crippen LogP contribution < -0.4 is 10.6 Å². The molecule has 0 atom stereocenters. The third-order valence-corrected chi connectivity index (χ3v) is 2.18. The molecule has 1 amide bonds. The van der Waals surface area contributed by atoms with E-state index in [1.54, 1.807) is 6.07 Å². The van der Waals surface area contributed by atoms with Gasteiger partial charge in [-0.25, -0.2) is 0 Å². The van der Waals surface area contributed by atoms with Crippen LogP contribution >= 0.6 is 0 Å². The topological polar surface area (TPSA) is 84.3 Å². The van der Waals surface area contributed by atoms with E-state index in [1.165, 1.54) is 18.2 Å². The SMILES string of the molecule is CCNCCNC(=O)c1ccccc1[N+](=O)[O-]. The van der Waals surface area contributed by atoms with Gasteiger partial charge in [-0.1, -0.05) is 19.1 Å². The van der Waals surface area contributed by atoms with Crippen molar-refractivity contribution in [2.24, 2.45) is 0 Å². The summed E-state index contributed by atoms with van der Waals surface area (Å²) >= 11 is 0. The number of para-hydroxylation sites is 1. The van der Waals surface area contributed by atoms with Crippen molar-refractivity contribution in [3.63, 3.8) is 0 Å². The zero-order valence-electron chi connectivity index (χ0n) is 9.60. The summed E-state index contributed by atoms with van der Waals surface area (Å²) < 4.78 is 0. The third kappa shape index (κ3) is 3.84. The first-order valence-electron chi connectivity index (χ1n) is 5.39. The van der Waals surface area contributed by atoms with Gasteiger partial charge in [-0.15, -0.1) is 0 Å². The van der Waals surface area contributed by atoms with E-state index < -0.39 is 10.8 Å². The fraction of sp³-hybridized carbons (Fsp3) is 0.364. The van der Waals surface area contributed by atoms with Crippen LogP contribution in [0.1, 0.15) is 17.3 Å². The number of carbonyl (C=O) groups is 1. The van der Waals surface area contributed by atoms with Gasteiger partial charge in [-0.2, -0.15) is 0 Å². The first-order valence-corrected chi connectivity index (χ1v) is 5.39. The Hall–Kier alpha value is -1.95. The number of rotatable bonds is 6. The molecular weight excluding hydrogens is 222 g/mol. The standard InChI is InChI=1S/C11H15N3O3/c1-2-12-7-8-13-11(15)9-5-3-4-6-10(9)14(16)17/h3-6,12H,2,7-8H2,1H3,(H,13,15). The van der Waals surface area contributed by atoms with Crippen molar-refractivity contribution in [2.45, 2.75) is 6.92 Å². The van der Waals surface area contributed by atoms with Gasteiger partial charge in [0, 0.05) is 19.2 Å². The average molecular weight is 237 g/mol. The molecule has 2 N–H and O–H groups in total. The summed E-state index contributed by atoms with van der Waals surface area (Å²) in [6, 6.07) is 5.90. The Labute approximate surface area is 99.2 Å². The zero-order valence-corrected chi connectivity index (χ0v) is 9.60. The van der Waals surface area contributed by atoms with E-state index in [1.807, 2.05) is 6.92 Å². The van der Waals surface area contributed by atoms with Gasteiger partial charge in [0.2, 0.25) is 0 Å². The number of nitrogens with one attached hydrogen (secondary N) is 2. The van der Waals surface area contributed by atoms with E-state index in [0.29, 0.717) is 13.1 Å². The summed E-state index contributed by atoms with van der Waals surface area (Å²) in [4.78, 5) is 21.8. The zero-order chi connectivity index (χ0) is 12.7. The van der Waals surface area contributed by atoms with Crippen LogP contribution in [0.3, 0.4) is 0 Å². The number of nitro groups is 1. The van der Waals surface area contributed by atoms with Crippen LogP contribution in [0, 0.1) is 10.1 Å². The number of amides is 1. The first-order chi connectivity index (χ1) is 8.16. The number of likely N-dealkylation sites (N-methyl/N-ethyl adjacent to an activating group) is 1. The lowest BCUT2D eigenvalue weighted by Crippen LogP contribution is -2.32. The number of benzene rings is 1. The van der Waals surface area contributed by atoms with Gasteiger partial charge in [0.25, 0.3) is 11.6 Å². The second-order valence-electron chi connectivity index (χ2n) is 3.38. The minimum atomic E-state index is -0.556. The van der Waals surface area contributed by atoms with Crippen molar-refractivity contribution in [3.05, 3.63) is 39.9 Å². The average Bonchev–Trinajstić information content (AvgIpc) is 2.34. The van der Waals surface area contributed by atoms with Crippen molar-refractivity contribution >= 4 is 11.6 Å². The Balaban J connectivity index is 2.65. The minimum Gasteiger partial charge on any atom is -0.351 e. The molecular formula is C11H15N3O3. The molecule has 0 unspecified atom stereocenters. The van der Waals surface area contributed by atoms with E-state index in [-0.39, 0.29) is 11.3 Å². The molecule has 0 saturated carbocycles. The molecule has 92 valence electrons. The van der Waals surface area contributed by atoms with Crippen molar-refractivity contribution in [1.82, 2.24) is 10.6 Å². The number of nitro benzene ring substituents is 1. The maximum atomic E-state index is 11.7. The molecule has 0 aliphatic rings. The third-order valence-electron chi connectivity index (χ3n) is 2.18. The molecule has 0 heterocycles. The van der Waals surface area contributed by atoms with Gasteiger partial charge in [-0.3, -0.25) is 14.9 Å². The van der Waals surface area contributed by atoms with Crippen molar-refractivity contribution < 1.29 is 9.72 Å². The Bertz CT molecular complexity index is 407. The number of nitrogens with zero attached hydrogens (tertiary/aromatic N) is 1. The van der Waals surface area contributed by atoms with E-state index in [4.69, 9.17) is 0 Å². The number of carbonyl (C=O) groups excluding carboxylic acids is 1. The molecule has 0 saturated heterocycles. The lowest BCUT2D eigenvalue weighted by Gasteiger charge is -2.05. The van der Waals surface area contributed by atoms with Crippen LogP contribution in [0.25, 0.3) is 0 Å². The quantitative estimate of drug-likeness (QED) is 0.438. The Morgan fingerprint density at radius 3 is 2.71 bits per heavy atom. The van der Waals surface area contributed by atoms with Crippen molar-refractivity contribution in [1.29, 1.82) is 0 Å². The number of hydrogen-bond acceptors (Lipinski definition) is 4. The van der Waals surface area contributed by atoms with Crippen LogP contribution in [0.4, 0.5) is 5.69 Å². The Morgan fingerprint density at radius 1 is 1.35 bits per heavy atom. The highest BCUT2D eigenvalue weighted by atomic mass is 16.6. The summed E-state index contributed by atoms with van der Waals surface area (Å²) in [5.41, 5.74) is -0.0811. The smallest absolute Gasteiger partial charge is 0.282 e. The van der Waals surface area contributed by atoms with E-state index >= 15 is 0 Å². The lowest BCUT2D eigenvalue weighted by molar-refractivity contribution is -0.385. The predicted octanol–water partition coefficient (Wildman–Crippen LogP) is 0.934. The highest BCUT2D eigenvalue weighted by Crippen LogP contribution is 2.16. The van der Waals surface area contributed by atoms with Crippen LogP contribution in [0.5, 0.6) is 0 Å². The molecule has 1 rings (SSSR count). The normalized spacial score (nSPS) is 9.94. The lowest BCUT2D eigenvalue weighted by atomic mass is 10.1. The molecule has 0 aliphatic heterocycles. The predicted molar refractivity (Wildman–Crippen MR) is 64.0 cm³/mol. The summed E-state index contributed by atoms with van der Waals surface area (Å²) in [6.45, 7) is 3.87. The van der Waals surface area contributed by atoms with E-state index in [2.05, 4.69) is 10.6 Å². The second kappa shape index (κ2) is 6.59. The Kier molecular flexibility index (Phi) is 5.09. The van der Waals surface area contributed by atoms with Crippen LogP contribution in [0.2, 0.25) is 0 Å². The molecule has 0 fully saturated rings. The molecule has 17 heavy (non-hydrogen) atoms. The van der Waals surface area contributed by atoms with E-state index in [0.717, 1.165) is 6.54 Å². The van der Waals surface area contributed by atoms with Crippen molar-refractivity contribution in [3.8, 4) is 0 Å². The van der Waals surface area contributed by atoms with Gasteiger partial charge in [0.1, 0.15) is 5.56 Å². The van der Waals surface area contributed by atoms with Gasteiger partial charge in [0.15, 0.2) is 0 Å². The fourth-order valence-electron chi connectivity index (χ4n) is 1.36. The van der Waals surface area contributed by atoms with Crippen LogP contribution in [0.15, 0.2) is 24.3 Å². The van der Waals surface area contributed by atoms with Gasteiger partial charge in [-0.05, 0) is 12.6 Å². The Morgan fingerprint density at radius 2 is 2.06 bits per heavy atom. The van der Waals surface area contributed by atoms with Crippen LogP contribution in [-0.2, 0) is 0 Å². The summed E-state index contributed by atoms with van der Waals surface area (Å²) in [7, 11) is 0. The van der Waals surface area contributed by atoms with Crippen LogP contribution in [-0.4, -0.2) is 30.5 Å². The molecule has 1 aromatic carbocycles. The highest BCUT2D eigenvalue weighted by Gasteiger charge is 2.18. The molecule has 0 aromatic heterocycles. The fourth-order valence-corrected chi connectivity index (χ4v) is 1.36. The van der Waals surface area contributed by atoms with Gasteiger partial charge in [0.05, 0.1) is 4.92 Å². The summed E-state index contributed by atoms with van der Waals surface area (Å²) in [5.74, 6) is -0.421. The molecule has 6 nitrogen and oxygen atoms in total. The molecule has 6 heteroatoms. The highest BCUT2D eigenvalue weighted by molar-refractivity contribution is 5.98. The van der Waals surface area contributed by atoms with Crippen molar-refractivity contribution in [2.75, 3.05) is 19.6 Å². The molecule has 0 bridgehead atoms. The van der Waals surface area contributed by atoms with Gasteiger partial charge >= 0.3 is 0 Å². The molecule has 0 radical (unpaired) electrons. The maximum Gasteiger partial charge on any atom is 0.282 e. The molecule has 1 aromatic rings.